The number of nitrogens with zero attached hydrogens (tertiary/aromatic N) is 4. The van der Waals surface area contributed by atoms with Crippen LogP contribution in [-0.2, 0) is 11.3 Å². The minimum absolute atomic E-state index is 0. The molecule has 1 aliphatic rings. The van der Waals surface area contributed by atoms with E-state index >= 15 is 0 Å². The molecule has 8 heteroatoms. The highest BCUT2D eigenvalue weighted by atomic mass is 127. The zero-order valence-electron chi connectivity index (χ0n) is 18.3. The van der Waals surface area contributed by atoms with Gasteiger partial charge in [-0.1, -0.05) is 32.0 Å². The molecule has 0 aliphatic carbocycles. The zero-order chi connectivity index (χ0) is 20.5. The molecule has 1 saturated heterocycles. The molecule has 2 heterocycles. The summed E-state index contributed by atoms with van der Waals surface area (Å²) in [6.07, 6.45) is 5.58. The molecule has 1 fully saturated rings. The summed E-state index contributed by atoms with van der Waals surface area (Å²) in [7, 11) is 0. The van der Waals surface area contributed by atoms with Gasteiger partial charge in [0.15, 0.2) is 5.96 Å². The Balaban J connectivity index is 0.00000320. The Labute approximate surface area is 197 Å². The number of aliphatic imine (C=N–C) groups is 1. The second-order valence-electron chi connectivity index (χ2n) is 7.63. The number of hydrogen-bond acceptors (Lipinski definition) is 4. The molecule has 0 bridgehead atoms. The Kier molecular flexibility index (Phi) is 10.6. The molecule has 3 rings (SSSR count). The summed E-state index contributed by atoms with van der Waals surface area (Å²) in [5, 5.41) is 6.94. The lowest BCUT2D eigenvalue weighted by atomic mass is 10.0. The molecule has 30 heavy (non-hydrogen) atoms. The average Bonchev–Trinajstić information content (AvgIpc) is 3.27. The van der Waals surface area contributed by atoms with E-state index in [0.29, 0.717) is 18.5 Å². The predicted molar refractivity (Wildman–Crippen MR) is 133 cm³/mol. The largest absolute Gasteiger partial charge is 0.379 e. The quantitative estimate of drug-likeness (QED) is 0.315. The molecule has 2 aromatic rings. The lowest BCUT2D eigenvalue weighted by molar-refractivity contribution is 0.00752. The Morgan fingerprint density at radius 3 is 2.63 bits per heavy atom. The standard InChI is InChI=1S/C22H34N6O.HI/c1-4-24-22(26-16-21(18(2)3)27-11-13-29-14-12-27)25-15-19-7-5-6-8-20(19)28-10-9-23-17-28;/h5-10,17-18,21H,4,11-16H2,1-3H3,(H2,24,25,26);1H. The molecule has 7 nitrogen and oxygen atoms in total. The van der Waals surface area contributed by atoms with Gasteiger partial charge in [-0.25, -0.2) is 9.98 Å². The van der Waals surface area contributed by atoms with Gasteiger partial charge in [-0.2, -0.15) is 0 Å². The fourth-order valence-electron chi connectivity index (χ4n) is 3.70. The van der Waals surface area contributed by atoms with Crippen molar-refractivity contribution < 1.29 is 4.74 Å². The summed E-state index contributed by atoms with van der Waals surface area (Å²) in [6.45, 7) is 12.6. The van der Waals surface area contributed by atoms with E-state index in [1.165, 1.54) is 0 Å². The van der Waals surface area contributed by atoms with Gasteiger partial charge in [0.05, 0.1) is 31.8 Å². The highest BCUT2D eigenvalue weighted by Crippen LogP contribution is 2.15. The van der Waals surface area contributed by atoms with E-state index in [0.717, 1.165) is 56.6 Å². The highest BCUT2D eigenvalue weighted by Gasteiger charge is 2.23. The summed E-state index contributed by atoms with van der Waals surface area (Å²) in [5.41, 5.74) is 2.27. The molecule has 166 valence electrons. The van der Waals surface area contributed by atoms with Crippen LogP contribution in [0.25, 0.3) is 5.69 Å². The number of imidazole rings is 1. The van der Waals surface area contributed by atoms with Gasteiger partial charge in [-0.15, -0.1) is 24.0 Å². The van der Waals surface area contributed by atoms with E-state index in [-0.39, 0.29) is 24.0 Å². The molecule has 0 amide bonds. The van der Waals surface area contributed by atoms with Gasteiger partial charge in [0.1, 0.15) is 0 Å². The van der Waals surface area contributed by atoms with Crippen LogP contribution in [0.1, 0.15) is 26.3 Å². The number of para-hydroxylation sites is 1. The van der Waals surface area contributed by atoms with E-state index in [9.17, 15) is 0 Å². The van der Waals surface area contributed by atoms with Crippen molar-refractivity contribution in [3.8, 4) is 5.69 Å². The fraction of sp³-hybridized carbons (Fsp3) is 0.545. The third-order valence-corrected chi connectivity index (χ3v) is 5.29. The number of rotatable bonds is 8. The van der Waals surface area contributed by atoms with Crippen molar-refractivity contribution in [3.05, 3.63) is 48.5 Å². The number of nitrogens with one attached hydrogen (secondary N) is 2. The summed E-state index contributed by atoms with van der Waals surface area (Å²) in [6, 6.07) is 8.77. The molecule has 0 radical (unpaired) electrons. The number of benzene rings is 1. The Morgan fingerprint density at radius 1 is 1.20 bits per heavy atom. The smallest absolute Gasteiger partial charge is 0.191 e. The first-order chi connectivity index (χ1) is 14.2. The van der Waals surface area contributed by atoms with Crippen molar-refractivity contribution in [2.24, 2.45) is 10.9 Å². The number of halogens is 1. The SMILES string of the molecule is CCNC(=NCc1ccccc1-n1ccnc1)NCC(C(C)C)N1CCOCC1.I. The maximum atomic E-state index is 5.52. The van der Waals surface area contributed by atoms with E-state index in [1.807, 2.05) is 23.2 Å². The first-order valence-electron chi connectivity index (χ1n) is 10.6. The molecular formula is C22H35IN6O. The first kappa shape index (κ1) is 24.6. The third-order valence-electron chi connectivity index (χ3n) is 5.29. The van der Waals surface area contributed by atoms with Crippen LogP contribution in [0.5, 0.6) is 0 Å². The van der Waals surface area contributed by atoms with E-state index in [1.54, 1.807) is 6.20 Å². The first-order valence-corrected chi connectivity index (χ1v) is 10.6. The van der Waals surface area contributed by atoms with Crippen LogP contribution in [0.4, 0.5) is 0 Å². The van der Waals surface area contributed by atoms with Crippen LogP contribution in [0.15, 0.2) is 48.0 Å². The van der Waals surface area contributed by atoms with Crippen molar-refractivity contribution in [2.45, 2.75) is 33.4 Å². The maximum absolute atomic E-state index is 5.52. The molecule has 1 aromatic carbocycles. The molecule has 0 saturated carbocycles. The summed E-state index contributed by atoms with van der Waals surface area (Å²) < 4.78 is 7.54. The van der Waals surface area contributed by atoms with Crippen molar-refractivity contribution in [1.82, 2.24) is 25.1 Å². The molecular weight excluding hydrogens is 491 g/mol. The summed E-state index contributed by atoms with van der Waals surface area (Å²) >= 11 is 0. The Hall–Kier alpha value is -1.65. The van der Waals surface area contributed by atoms with Crippen LogP contribution >= 0.6 is 24.0 Å². The van der Waals surface area contributed by atoms with E-state index < -0.39 is 0 Å². The number of aromatic nitrogens is 2. The summed E-state index contributed by atoms with van der Waals surface area (Å²) in [5.74, 6) is 1.41. The minimum atomic E-state index is 0. The lowest BCUT2D eigenvalue weighted by Gasteiger charge is -2.37. The Morgan fingerprint density at radius 2 is 1.97 bits per heavy atom. The van der Waals surface area contributed by atoms with E-state index in [2.05, 4.69) is 59.5 Å². The molecule has 1 aliphatic heterocycles. The monoisotopic (exact) mass is 526 g/mol. The third kappa shape index (κ3) is 6.95. The van der Waals surface area contributed by atoms with E-state index in [4.69, 9.17) is 9.73 Å². The molecule has 1 aromatic heterocycles. The van der Waals surface area contributed by atoms with Gasteiger partial charge in [-0.05, 0) is 24.5 Å². The van der Waals surface area contributed by atoms with Crippen LogP contribution in [-0.4, -0.2) is 65.8 Å². The van der Waals surface area contributed by atoms with Crippen molar-refractivity contribution in [2.75, 3.05) is 39.4 Å². The van der Waals surface area contributed by atoms with Crippen LogP contribution in [0.2, 0.25) is 0 Å². The van der Waals surface area contributed by atoms with Gasteiger partial charge >= 0.3 is 0 Å². The topological polar surface area (TPSA) is 66.7 Å². The molecule has 0 spiro atoms. The zero-order valence-corrected chi connectivity index (χ0v) is 20.6. The van der Waals surface area contributed by atoms with Gasteiger partial charge in [0, 0.05) is 44.6 Å². The average molecular weight is 526 g/mol. The van der Waals surface area contributed by atoms with Crippen molar-refractivity contribution in [3.63, 3.8) is 0 Å². The van der Waals surface area contributed by atoms with Gasteiger partial charge in [0.25, 0.3) is 0 Å². The van der Waals surface area contributed by atoms with Crippen LogP contribution < -0.4 is 10.6 Å². The van der Waals surface area contributed by atoms with Gasteiger partial charge < -0.3 is 19.9 Å². The van der Waals surface area contributed by atoms with Crippen LogP contribution in [0, 0.1) is 5.92 Å². The fourth-order valence-corrected chi connectivity index (χ4v) is 3.70. The van der Waals surface area contributed by atoms with Gasteiger partial charge in [-0.3, -0.25) is 4.90 Å². The maximum Gasteiger partial charge on any atom is 0.191 e. The minimum Gasteiger partial charge on any atom is -0.379 e. The lowest BCUT2D eigenvalue weighted by Crippen LogP contribution is -2.52. The van der Waals surface area contributed by atoms with Crippen molar-refractivity contribution >= 4 is 29.9 Å². The number of morpholine rings is 1. The predicted octanol–water partition coefficient (Wildman–Crippen LogP) is 2.90. The second-order valence-corrected chi connectivity index (χ2v) is 7.63. The highest BCUT2D eigenvalue weighted by molar-refractivity contribution is 14.0. The molecule has 1 atom stereocenters. The van der Waals surface area contributed by atoms with Crippen LogP contribution in [0.3, 0.4) is 0 Å². The Bertz CT molecular complexity index is 759. The molecule has 2 N–H and O–H groups in total. The number of hydrogen-bond donors (Lipinski definition) is 2. The second kappa shape index (κ2) is 12.9. The normalized spacial score (nSPS) is 16.2. The van der Waals surface area contributed by atoms with Crippen molar-refractivity contribution in [1.29, 1.82) is 0 Å². The molecule has 1 unspecified atom stereocenters. The number of ether oxygens (including phenoxy) is 1. The van der Waals surface area contributed by atoms with Gasteiger partial charge in [0.2, 0.25) is 0 Å². The summed E-state index contributed by atoms with van der Waals surface area (Å²) in [4.78, 5) is 11.5. The number of guanidine groups is 1.